The van der Waals surface area contributed by atoms with Crippen LogP contribution in [0, 0.1) is 11.8 Å². The lowest BCUT2D eigenvalue weighted by Crippen LogP contribution is -2.20. The molecule has 2 aliphatic carbocycles. The molecule has 0 aliphatic heterocycles. The SMILES string of the molecule is CC1=CC(C)=C(C)C1C([SiH3])C1C(C)=CC(C)=C1C. The van der Waals surface area contributed by atoms with Gasteiger partial charge in [-0.25, -0.2) is 0 Å². The van der Waals surface area contributed by atoms with Crippen LogP contribution in [-0.4, -0.2) is 10.2 Å². The third-order valence-corrected chi connectivity index (χ3v) is 6.43. The van der Waals surface area contributed by atoms with Gasteiger partial charge in [0.05, 0.1) is 0 Å². The highest BCUT2D eigenvalue weighted by molar-refractivity contribution is 6.13. The molecule has 0 amide bonds. The van der Waals surface area contributed by atoms with Gasteiger partial charge in [0.1, 0.15) is 0 Å². The van der Waals surface area contributed by atoms with Gasteiger partial charge in [-0.2, -0.15) is 0 Å². The first-order chi connectivity index (χ1) is 8.34. The summed E-state index contributed by atoms with van der Waals surface area (Å²) >= 11 is 0. The van der Waals surface area contributed by atoms with Crippen LogP contribution >= 0.6 is 0 Å². The van der Waals surface area contributed by atoms with E-state index in [2.05, 4.69) is 53.7 Å². The molecule has 18 heavy (non-hydrogen) atoms. The van der Waals surface area contributed by atoms with Gasteiger partial charge in [0.15, 0.2) is 0 Å². The Bertz CT molecular complexity index is 454. The van der Waals surface area contributed by atoms with Gasteiger partial charge in [0.25, 0.3) is 0 Å². The minimum atomic E-state index is 0.700. The molecule has 2 aliphatic rings. The Hall–Kier alpha value is -0.823. The van der Waals surface area contributed by atoms with Crippen molar-refractivity contribution in [3.05, 3.63) is 45.6 Å². The Kier molecular flexibility index (Phi) is 3.55. The summed E-state index contributed by atoms with van der Waals surface area (Å²) < 4.78 is 0. The van der Waals surface area contributed by atoms with Crippen molar-refractivity contribution in [2.45, 2.75) is 47.1 Å². The third kappa shape index (κ3) is 1.99. The van der Waals surface area contributed by atoms with Crippen molar-refractivity contribution in [3.63, 3.8) is 0 Å². The minimum Gasteiger partial charge on any atom is -0.0659 e. The fourth-order valence-corrected chi connectivity index (χ4v) is 6.13. The summed E-state index contributed by atoms with van der Waals surface area (Å²) in [6.07, 6.45) is 4.79. The van der Waals surface area contributed by atoms with Crippen molar-refractivity contribution >= 4 is 10.2 Å². The summed E-state index contributed by atoms with van der Waals surface area (Å²) in [5.41, 5.74) is 10.2. The molecule has 2 atom stereocenters. The molecule has 0 fully saturated rings. The van der Waals surface area contributed by atoms with Gasteiger partial charge in [-0.15, -0.1) is 0 Å². The van der Waals surface area contributed by atoms with Gasteiger partial charge >= 0.3 is 0 Å². The van der Waals surface area contributed by atoms with Gasteiger partial charge in [-0.05, 0) is 47.1 Å². The fourth-order valence-electron chi connectivity index (χ4n) is 4.07. The highest BCUT2D eigenvalue weighted by Crippen LogP contribution is 2.48. The molecule has 0 spiro atoms. The van der Waals surface area contributed by atoms with E-state index in [1.54, 1.807) is 22.3 Å². The van der Waals surface area contributed by atoms with Crippen LogP contribution < -0.4 is 0 Å². The number of rotatable bonds is 2. The van der Waals surface area contributed by atoms with Crippen LogP contribution in [0.25, 0.3) is 0 Å². The average Bonchev–Trinajstić information content (AvgIpc) is 2.66. The molecule has 0 saturated heterocycles. The molecule has 0 bridgehead atoms. The molecule has 0 aromatic carbocycles. The maximum absolute atomic E-state index is 2.39. The summed E-state index contributed by atoms with van der Waals surface area (Å²) in [5, 5.41) is 0. The smallest absolute Gasteiger partial charge is 0.00908 e. The highest BCUT2D eigenvalue weighted by atomic mass is 28.1. The molecule has 98 valence electrons. The van der Waals surface area contributed by atoms with Crippen LogP contribution in [0.5, 0.6) is 0 Å². The molecule has 1 heteroatoms. The second-order valence-electron chi connectivity index (χ2n) is 6.32. The van der Waals surface area contributed by atoms with Crippen LogP contribution in [0.15, 0.2) is 45.6 Å². The van der Waals surface area contributed by atoms with Crippen LogP contribution in [-0.2, 0) is 0 Å². The van der Waals surface area contributed by atoms with Crippen LogP contribution in [0.1, 0.15) is 41.5 Å². The lowest BCUT2D eigenvalue weighted by molar-refractivity contribution is 0.548. The molecular weight excluding hydrogens is 232 g/mol. The molecule has 0 aromatic rings. The van der Waals surface area contributed by atoms with Gasteiger partial charge in [-0.1, -0.05) is 45.6 Å². The van der Waals surface area contributed by atoms with E-state index in [1.807, 2.05) is 0 Å². The van der Waals surface area contributed by atoms with E-state index < -0.39 is 0 Å². The van der Waals surface area contributed by atoms with E-state index in [1.165, 1.54) is 21.4 Å². The zero-order valence-electron chi connectivity index (χ0n) is 12.9. The van der Waals surface area contributed by atoms with E-state index in [9.17, 15) is 0 Å². The summed E-state index contributed by atoms with van der Waals surface area (Å²) in [5.74, 6) is 1.40. The molecule has 0 aromatic heterocycles. The lowest BCUT2D eigenvalue weighted by Gasteiger charge is -2.31. The van der Waals surface area contributed by atoms with Crippen molar-refractivity contribution in [2.24, 2.45) is 11.8 Å². The molecule has 2 rings (SSSR count). The zero-order valence-corrected chi connectivity index (χ0v) is 14.9. The molecule has 0 radical (unpaired) electrons. The van der Waals surface area contributed by atoms with Crippen LogP contribution in [0.4, 0.5) is 0 Å². The summed E-state index contributed by atoms with van der Waals surface area (Å²) in [6, 6.07) is 0. The van der Waals surface area contributed by atoms with E-state index in [0.29, 0.717) is 11.8 Å². The second kappa shape index (κ2) is 4.69. The number of allylic oxidation sites excluding steroid dienone is 8. The van der Waals surface area contributed by atoms with Crippen LogP contribution in [0.2, 0.25) is 5.54 Å². The normalized spacial score (nSPS) is 30.1. The van der Waals surface area contributed by atoms with Gasteiger partial charge < -0.3 is 0 Å². The molecular formula is C17H26Si. The van der Waals surface area contributed by atoms with Crippen molar-refractivity contribution < 1.29 is 0 Å². The Balaban J connectivity index is 2.32. The summed E-state index contributed by atoms with van der Waals surface area (Å²) in [7, 11) is 1.26. The van der Waals surface area contributed by atoms with Gasteiger partial charge in [0, 0.05) is 22.1 Å². The lowest BCUT2D eigenvalue weighted by atomic mass is 9.81. The summed E-state index contributed by atoms with van der Waals surface area (Å²) in [4.78, 5) is 0. The van der Waals surface area contributed by atoms with Crippen molar-refractivity contribution in [1.82, 2.24) is 0 Å². The van der Waals surface area contributed by atoms with E-state index in [0.717, 1.165) is 5.54 Å². The average molecular weight is 258 g/mol. The highest BCUT2D eigenvalue weighted by Gasteiger charge is 2.34. The fraction of sp³-hybridized carbons (Fsp3) is 0.529. The van der Waals surface area contributed by atoms with Crippen molar-refractivity contribution in [3.8, 4) is 0 Å². The molecule has 0 heterocycles. The first-order valence-corrected chi connectivity index (χ1v) is 8.21. The standard InChI is InChI=1S/C17H26Si/c1-9-7-11(3)15(13(9)5)17(18)16-12(4)8-10(2)14(16)6/h7-8,15-17H,1-6,18H3. The largest absolute Gasteiger partial charge is 0.0659 e. The van der Waals surface area contributed by atoms with Crippen molar-refractivity contribution in [1.29, 1.82) is 0 Å². The van der Waals surface area contributed by atoms with E-state index in [4.69, 9.17) is 0 Å². The maximum atomic E-state index is 2.39. The van der Waals surface area contributed by atoms with E-state index >= 15 is 0 Å². The summed E-state index contributed by atoms with van der Waals surface area (Å²) in [6.45, 7) is 13.8. The monoisotopic (exact) mass is 258 g/mol. The zero-order chi connectivity index (χ0) is 13.6. The second-order valence-corrected chi connectivity index (χ2v) is 7.66. The van der Waals surface area contributed by atoms with E-state index in [-0.39, 0.29) is 0 Å². The topological polar surface area (TPSA) is 0 Å². The first kappa shape index (κ1) is 13.6. The number of hydrogen-bond donors (Lipinski definition) is 0. The predicted molar refractivity (Wildman–Crippen MR) is 84.9 cm³/mol. The first-order valence-electron chi connectivity index (χ1n) is 7.05. The quantitative estimate of drug-likeness (QED) is 0.658. The Labute approximate surface area is 115 Å². The van der Waals surface area contributed by atoms with Crippen LogP contribution in [0.3, 0.4) is 0 Å². The Morgan fingerprint density at radius 3 is 1.33 bits per heavy atom. The van der Waals surface area contributed by atoms with Gasteiger partial charge in [-0.3, -0.25) is 0 Å². The predicted octanol–water partition coefficient (Wildman–Crippen LogP) is 3.97. The Morgan fingerprint density at radius 1 is 0.778 bits per heavy atom. The number of hydrogen-bond acceptors (Lipinski definition) is 0. The molecule has 0 N–H and O–H groups in total. The third-order valence-electron chi connectivity index (χ3n) is 5.10. The molecule has 0 saturated carbocycles. The van der Waals surface area contributed by atoms with Crippen molar-refractivity contribution in [2.75, 3.05) is 0 Å². The molecule has 2 unspecified atom stereocenters. The Morgan fingerprint density at radius 2 is 1.11 bits per heavy atom. The van der Waals surface area contributed by atoms with Gasteiger partial charge in [0.2, 0.25) is 0 Å². The maximum Gasteiger partial charge on any atom is 0.00908 e. The minimum absolute atomic E-state index is 0.700. The molecule has 0 nitrogen and oxygen atoms in total.